The average Bonchev–Trinajstić information content (AvgIpc) is 2.67. The number of anilines is 1. The molecule has 1 aromatic heterocycles. The zero-order chi connectivity index (χ0) is 12.4. The smallest absolute Gasteiger partial charge is 0.271 e. The maximum absolute atomic E-state index is 10.6. The maximum atomic E-state index is 10.6. The molecule has 0 aliphatic heterocycles. The van der Waals surface area contributed by atoms with Crippen LogP contribution in [0.4, 0.5) is 11.6 Å². The summed E-state index contributed by atoms with van der Waals surface area (Å²) in [6.07, 6.45) is 0. The third kappa shape index (κ3) is 2.41. The van der Waals surface area contributed by atoms with Crippen molar-refractivity contribution in [1.82, 2.24) is 9.97 Å². The van der Waals surface area contributed by atoms with Crippen molar-refractivity contribution >= 4 is 22.7 Å². The van der Waals surface area contributed by atoms with E-state index < -0.39 is 4.92 Å². The van der Waals surface area contributed by atoms with Crippen molar-refractivity contribution in [2.24, 2.45) is 0 Å². The largest absolute Gasteiger partial charge is 0.352 e. The lowest BCUT2D eigenvalue weighted by molar-refractivity contribution is -0.384. The fourth-order valence-corrected chi connectivity index (χ4v) is 1.43. The highest BCUT2D eigenvalue weighted by Gasteiger charge is 2.09. The minimum atomic E-state index is -0.429. The van der Waals surface area contributed by atoms with Crippen molar-refractivity contribution in [3.8, 4) is 0 Å². The van der Waals surface area contributed by atoms with Gasteiger partial charge in [0.25, 0.3) is 5.69 Å². The van der Waals surface area contributed by atoms with E-state index in [-0.39, 0.29) is 5.69 Å². The number of hydrogen-bond donors (Lipinski definition) is 2. The van der Waals surface area contributed by atoms with Crippen LogP contribution in [0.3, 0.4) is 0 Å². The first-order valence-corrected chi connectivity index (χ1v) is 5.08. The molecular formula is C11H12N4O2. The first-order valence-electron chi connectivity index (χ1n) is 5.08. The minimum absolute atomic E-state index is 0.0487. The highest BCUT2D eigenvalue weighted by Crippen LogP contribution is 2.20. The third-order valence-electron chi connectivity index (χ3n) is 2.23. The van der Waals surface area contributed by atoms with Crippen molar-refractivity contribution in [2.75, 3.05) is 11.9 Å². The summed E-state index contributed by atoms with van der Waals surface area (Å²) in [5, 5.41) is 13.7. The van der Waals surface area contributed by atoms with Gasteiger partial charge in [0.15, 0.2) is 0 Å². The molecule has 17 heavy (non-hydrogen) atoms. The molecule has 2 rings (SSSR count). The van der Waals surface area contributed by atoms with Crippen LogP contribution in [0.25, 0.3) is 11.0 Å². The summed E-state index contributed by atoms with van der Waals surface area (Å²) < 4.78 is 0. The number of imidazole rings is 1. The lowest BCUT2D eigenvalue weighted by atomic mass is 10.3. The summed E-state index contributed by atoms with van der Waals surface area (Å²) in [7, 11) is 0. The average molecular weight is 232 g/mol. The second kappa shape index (κ2) is 4.25. The van der Waals surface area contributed by atoms with Crippen molar-refractivity contribution in [1.29, 1.82) is 0 Å². The predicted molar refractivity (Wildman–Crippen MR) is 66.1 cm³/mol. The molecule has 2 N–H and O–H groups in total. The minimum Gasteiger partial charge on any atom is -0.352 e. The van der Waals surface area contributed by atoms with E-state index in [4.69, 9.17) is 0 Å². The van der Waals surface area contributed by atoms with Crippen molar-refractivity contribution in [2.45, 2.75) is 6.92 Å². The quantitative estimate of drug-likeness (QED) is 0.481. The molecule has 1 aromatic carbocycles. The summed E-state index contributed by atoms with van der Waals surface area (Å²) in [6.45, 7) is 6.28. The highest BCUT2D eigenvalue weighted by atomic mass is 16.6. The van der Waals surface area contributed by atoms with E-state index >= 15 is 0 Å². The van der Waals surface area contributed by atoms with Gasteiger partial charge in [-0.25, -0.2) is 4.98 Å². The molecule has 0 atom stereocenters. The Kier molecular flexibility index (Phi) is 2.78. The van der Waals surface area contributed by atoms with Crippen molar-refractivity contribution in [3.05, 3.63) is 40.5 Å². The van der Waals surface area contributed by atoms with E-state index in [2.05, 4.69) is 21.9 Å². The summed E-state index contributed by atoms with van der Waals surface area (Å²) in [4.78, 5) is 17.4. The van der Waals surface area contributed by atoms with E-state index in [9.17, 15) is 10.1 Å². The van der Waals surface area contributed by atoms with Gasteiger partial charge in [0.1, 0.15) is 0 Å². The number of nitrogens with one attached hydrogen (secondary N) is 2. The van der Waals surface area contributed by atoms with Gasteiger partial charge in [0.2, 0.25) is 5.95 Å². The Morgan fingerprint density at radius 3 is 3.06 bits per heavy atom. The highest BCUT2D eigenvalue weighted by molar-refractivity contribution is 5.79. The van der Waals surface area contributed by atoms with E-state index in [1.165, 1.54) is 12.1 Å². The maximum Gasteiger partial charge on any atom is 0.271 e. The van der Waals surface area contributed by atoms with E-state index in [1.54, 1.807) is 6.07 Å². The zero-order valence-corrected chi connectivity index (χ0v) is 9.36. The fourth-order valence-electron chi connectivity index (χ4n) is 1.43. The molecule has 6 heteroatoms. The fraction of sp³-hybridized carbons (Fsp3) is 0.182. The number of hydrogen-bond acceptors (Lipinski definition) is 4. The molecule has 0 radical (unpaired) electrons. The van der Waals surface area contributed by atoms with Gasteiger partial charge in [-0.2, -0.15) is 0 Å². The molecule has 0 unspecified atom stereocenters. The second-order valence-corrected chi connectivity index (χ2v) is 3.85. The van der Waals surface area contributed by atoms with Gasteiger partial charge >= 0.3 is 0 Å². The van der Waals surface area contributed by atoms with Crippen LogP contribution in [0.5, 0.6) is 0 Å². The number of aromatic amines is 1. The zero-order valence-electron chi connectivity index (χ0n) is 9.36. The Morgan fingerprint density at radius 2 is 2.41 bits per heavy atom. The Morgan fingerprint density at radius 1 is 1.65 bits per heavy atom. The van der Waals surface area contributed by atoms with Crippen LogP contribution >= 0.6 is 0 Å². The van der Waals surface area contributed by atoms with Crippen LogP contribution in [-0.4, -0.2) is 21.4 Å². The number of benzene rings is 1. The van der Waals surface area contributed by atoms with Gasteiger partial charge in [-0.1, -0.05) is 12.2 Å². The van der Waals surface area contributed by atoms with E-state index in [1.807, 2.05) is 6.92 Å². The number of fused-ring (bicyclic) bond motifs is 1. The van der Waals surface area contributed by atoms with Crippen LogP contribution < -0.4 is 5.32 Å². The summed E-state index contributed by atoms with van der Waals surface area (Å²) >= 11 is 0. The number of aromatic nitrogens is 2. The summed E-state index contributed by atoms with van der Waals surface area (Å²) in [5.74, 6) is 0.587. The second-order valence-electron chi connectivity index (χ2n) is 3.85. The molecular weight excluding hydrogens is 220 g/mol. The predicted octanol–water partition coefficient (Wildman–Crippen LogP) is 2.46. The van der Waals surface area contributed by atoms with Crippen LogP contribution in [-0.2, 0) is 0 Å². The van der Waals surface area contributed by atoms with Crippen LogP contribution in [0.15, 0.2) is 30.4 Å². The Labute approximate surface area is 97.5 Å². The molecule has 0 saturated carbocycles. The SMILES string of the molecule is C=C(C)CNc1nc2ccc([N+](=O)[O-])cc2[nH]1. The topological polar surface area (TPSA) is 83.8 Å². The normalized spacial score (nSPS) is 10.4. The third-order valence-corrected chi connectivity index (χ3v) is 2.23. The van der Waals surface area contributed by atoms with E-state index in [0.717, 1.165) is 5.57 Å². The monoisotopic (exact) mass is 232 g/mol. The first kappa shape index (κ1) is 11.1. The van der Waals surface area contributed by atoms with E-state index in [0.29, 0.717) is 23.5 Å². The molecule has 0 bridgehead atoms. The number of non-ortho nitro benzene ring substituents is 1. The van der Waals surface area contributed by atoms with Crippen LogP contribution in [0, 0.1) is 10.1 Å². The molecule has 0 fully saturated rings. The Hall–Kier alpha value is -2.37. The standard InChI is InChI=1S/C11H12N4O2/c1-7(2)6-12-11-13-9-4-3-8(15(16)17)5-10(9)14-11/h3-5H,1,6H2,2H3,(H2,12,13,14). The van der Waals surface area contributed by atoms with Crippen molar-refractivity contribution in [3.63, 3.8) is 0 Å². The number of nitro benzene ring substituents is 1. The van der Waals surface area contributed by atoms with Gasteiger partial charge in [-0.15, -0.1) is 0 Å². The Balaban J connectivity index is 2.30. The van der Waals surface area contributed by atoms with Crippen LogP contribution in [0.1, 0.15) is 6.92 Å². The molecule has 1 heterocycles. The number of nitro groups is 1. The molecule has 88 valence electrons. The van der Waals surface area contributed by atoms with Gasteiger partial charge in [0.05, 0.1) is 16.0 Å². The molecule has 2 aromatic rings. The first-order chi connectivity index (χ1) is 8.06. The van der Waals surface area contributed by atoms with Gasteiger partial charge < -0.3 is 10.3 Å². The summed E-state index contributed by atoms with van der Waals surface area (Å²) in [6, 6.07) is 4.52. The molecule has 0 saturated heterocycles. The molecule has 0 aliphatic rings. The molecule has 0 amide bonds. The van der Waals surface area contributed by atoms with Crippen LogP contribution in [0.2, 0.25) is 0 Å². The lowest BCUT2D eigenvalue weighted by Crippen LogP contribution is -2.02. The van der Waals surface area contributed by atoms with Crippen molar-refractivity contribution < 1.29 is 4.92 Å². The number of nitrogens with zero attached hydrogens (tertiary/aromatic N) is 2. The number of rotatable bonds is 4. The Bertz CT molecular complexity index is 588. The van der Waals surface area contributed by atoms with Gasteiger partial charge in [-0.05, 0) is 13.0 Å². The summed E-state index contributed by atoms with van der Waals surface area (Å²) in [5.41, 5.74) is 2.37. The van der Waals surface area contributed by atoms with Gasteiger partial charge in [-0.3, -0.25) is 10.1 Å². The molecule has 6 nitrogen and oxygen atoms in total. The molecule has 0 spiro atoms. The lowest BCUT2D eigenvalue weighted by Gasteiger charge is -1.99. The number of H-pyrrole nitrogens is 1. The van der Waals surface area contributed by atoms with Gasteiger partial charge in [0, 0.05) is 18.7 Å². The molecule has 0 aliphatic carbocycles.